The van der Waals surface area contributed by atoms with E-state index in [2.05, 4.69) is 39.9 Å². The molecule has 0 aromatic heterocycles. The second-order valence-corrected chi connectivity index (χ2v) is 5.14. The molecule has 1 N–H and O–H groups in total. The zero-order valence-electron chi connectivity index (χ0n) is 11.0. The van der Waals surface area contributed by atoms with Crippen molar-refractivity contribution in [2.75, 3.05) is 0 Å². The molecule has 0 aromatic carbocycles. The van der Waals surface area contributed by atoms with Crippen molar-refractivity contribution in [1.82, 2.24) is 5.32 Å². The highest BCUT2D eigenvalue weighted by Gasteiger charge is 2.44. The molecule has 0 aliphatic carbocycles. The Morgan fingerprint density at radius 1 is 1.20 bits per heavy atom. The van der Waals surface area contributed by atoms with Gasteiger partial charge in [0.05, 0.1) is 5.60 Å². The van der Waals surface area contributed by atoms with E-state index in [4.69, 9.17) is 4.74 Å². The molecule has 90 valence electrons. The Balaban J connectivity index is 2.72. The van der Waals surface area contributed by atoms with E-state index in [1.165, 1.54) is 6.42 Å². The van der Waals surface area contributed by atoms with Gasteiger partial charge in [-0.05, 0) is 31.6 Å². The second-order valence-electron chi connectivity index (χ2n) is 5.14. The minimum absolute atomic E-state index is 0.0882. The third kappa shape index (κ3) is 2.73. The van der Waals surface area contributed by atoms with E-state index >= 15 is 0 Å². The van der Waals surface area contributed by atoms with Gasteiger partial charge in [-0.15, -0.1) is 0 Å². The van der Waals surface area contributed by atoms with Crippen molar-refractivity contribution in [1.29, 1.82) is 0 Å². The fourth-order valence-electron chi connectivity index (χ4n) is 2.64. The first-order valence-electron chi connectivity index (χ1n) is 6.51. The van der Waals surface area contributed by atoms with E-state index in [0.717, 1.165) is 25.2 Å². The molecule has 1 aliphatic rings. The van der Waals surface area contributed by atoms with Gasteiger partial charge in [-0.2, -0.15) is 0 Å². The monoisotopic (exact) mass is 213 g/mol. The van der Waals surface area contributed by atoms with Gasteiger partial charge in [0, 0.05) is 6.04 Å². The highest BCUT2D eigenvalue weighted by atomic mass is 16.5. The highest BCUT2D eigenvalue weighted by molar-refractivity contribution is 4.97. The van der Waals surface area contributed by atoms with Gasteiger partial charge in [0.2, 0.25) is 0 Å². The Morgan fingerprint density at radius 3 is 2.20 bits per heavy atom. The highest BCUT2D eigenvalue weighted by Crippen LogP contribution is 2.35. The summed E-state index contributed by atoms with van der Waals surface area (Å²) in [5.41, 5.74) is 0.0882. The molecular weight excluding hydrogens is 186 g/mol. The SMILES string of the molecule is CCC1N[C@@H](CC(C)C)C(CC)(CC)O1. The van der Waals surface area contributed by atoms with Gasteiger partial charge < -0.3 is 4.74 Å². The van der Waals surface area contributed by atoms with Crippen molar-refractivity contribution in [3.05, 3.63) is 0 Å². The number of hydrogen-bond acceptors (Lipinski definition) is 2. The van der Waals surface area contributed by atoms with Crippen LogP contribution in [0.1, 0.15) is 60.3 Å². The molecule has 1 fully saturated rings. The molecule has 1 rings (SSSR count). The fraction of sp³-hybridized carbons (Fsp3) is 1.00. The third-order valence-electron chi connectivity index (χ3n) is 3.67. The van der Waals surface area contributed by atoms with Gasteiger partial charge in [0.15, 0.2) is 0 Å². The molecule has 1 heterocycles. The normalized spacial score (nSPS) is 30.0. The van der Waals surface area contributed by atoms with Crippen LogP contribution in [0.25, 0.3) is 0 Å². The molecule has 15 heavy (non-hydrogen) atoms. The van der Waals surface area contributed by atoms with Crippen molar-refractivity contribution in [3.8, 4) is 0 Å². The van der Waals surface area contributed by atoms with Crippen LogP contribution >= 0.6 is 0 Å². The molecule has 2 atom stereocenters. The van der Waals surface area contributed by atoms with Crippen LogP contribution in [0.15, 0.2) is 0 Å². The molecule has 2 nitrogen and oxygen atoms in total. The van der Waals surface area contributed by atoms with Crippen LogP contribution in [-0.2, 0) is 4.74 Å². The van der Waals surface area contributed by atoms with Crippen LogP contribution in [0.2, 0.25) is 0 Å². The Hall–Kier alpha value is -0.0800. The summed E-state index contributed by atoms with van der Waals surface area (Å²) < 4.78 is 6.20. The number of nitrogens with one attached hydrogen (secondary N) is 1. The van der Waals surface area contributed by atoms with Crippen LogP contribution in [0.5, 0.6) is 0 Å². The van der Waals surface area contributed by atoms with Crippen LogP contribution in [0.4, 0.5) is 0 Å². The lowest BCUT2D eigenvalue weighted by Gasteiger charge is -2.32. The minimum Gasteiger partial charge on any atom is -0.355 e. The third-order valence-corrected chi connectivity index (χ3v) is 3.67. The summed E-state index contributed by atoms with van der Waals surface area (Å²) >= 11 is 0. The predicted octanol–water partition coefficient (Wildman–Crippen LogP) is 3.32. The van der Waals surface area contributed by atoms with Gasteiger partial charge in [0.1, 0.15) is 6.23 Å². The van der Waals surface area contributed by atoms with Gasteiger partial charge in [0.25, 0.3) is 0 Å². The number of ether oxygens (including phenoxy) is 1. The molecular formula is C13H27NO. The topological polar surface area (TPSA) is 21.3 Å². The standard InChI is InChI=1S/C13H27NO/c1-6-12-14-11(9-10(4)5)13(7-2,8-3)15-12/h10-12,14H,6-9H2,1-5H3/t11-,12?/m0/s1. The molecule has 0 amide bonds. The zero-order valence-corrected chi connectivity index (χ0v) is 11.0. The lowest BCUT2D eigenvalue weighted by molar-refractivity contribution is -0.0561. The number of rotatable bonds is 5. The van der Waals surface area contributed by atoms with E-state index in [1.807, 2.05) is 0 Å². The first-order chi connectivity index (χ1) is 7.07. The largest absolute Gasteiger partial charge is 0.355 e. The van der Waals surface area contributed by atoms with Gasteiger partial charge in [-0.1, -0.05) is 34.6 Å². The first kappa shape index (κ1) is 13.0. The Morgan fingerprint density at radius 2 is 1.80 bits per heavy atom. The minimum atomic E-state index is 0.0882. The van der Waals surface area contributed by atoms with E-state index in [9.17, 15) is 0 Å². The summed E-state index contributed by atoms with van der Waals surface area (Å²) in [6.07, 6.45) is 4.79. The van der Waals surface area contributed by atoms with Crippen molar-refractivity contribution in [3.63, 3.8) is 0 Å². The fourth-order valence-corrected chi connectivity index (χ4v) is 2.64. The van der Waals surface area contributed by atoms with E-state index < -0.39 is 0 Å². The molecule has 1 aliphatic heterocycles. The lowest BCUT2D eigenvalue weighted by atomic mass is 9.84. The average molecular weight is 213 g/mol. The van der Waals surface area contributed by atoms with Gasteiger partial charge in [-0.25, -0.2) is 0 Å². The maximum absolute atomic E-state index is 6.20. The molecule has 1 unspecified atom stereocenters. The van der Waals surface area contributed by atoms with E-state index in [1.54, 1.807) is 0 Å². The second kappa shape index (κ2) is 5.31. The molecule has 0 saturated carbocycles. The lowest BCUT2D eigenvalue weighted by Crippen LogP contribution is -2.43. The molecule has 1 saturated heterocycles. The summed E-state index contributed by atoms with van der Waals surface area (Å²) in [6, 6.07) is 0.539. The number of hydrogen-bond donors (Lipinski definition) is 1. The Labute approximate surface area is 94.8 Å². The Kier molecular flexibility index (Phi) is 4.60. The van der Waals surface area contributed by atoms with Crippen molar-refractivity contribution < 1.29 is 4.74 Å². The van der Waals surface area contributed by atoms with E-state index in [0.29, 0.717) is 6.04 Å². The smallest absolute Gasteiger partial charge is 0.109 e. The van der Waals surface area contributed by atoms with Crippen LogP contribution < -0.4 is 5.32 Å². The molecule has 0 spiro atoms. The molecule has 0 bridgehead atoms. The summed E-state index contributed by atoms with van der Waals surface area (Å²) in [5.74, 6) is 0.735. The zero-order chi connectivity index (χ0) is 11.5. The predicted molar refractivity (Wildman–Crippen MR) is 64.9 cm³/mol. The molecule has 0 radical (unpaired) electrons. The quantitative estimate of drug-likeness (QED) is 0.756. The van der Waals surface area contributed by atoms with Crippen LogP contribution in [0.3, 0.4) is 0 Å². The van der Waals surface area contributed by atoms with Crippen LogP contribution in [0, 0.1) is 5.92 Å². The van der Waals surface area contributed by atoms with Gasteiger partial charge >= 0.3 is 0 Å². The van der Waals surface area contributed by atoms with Crippen molar-refractivity contribution in [2.24, 2.45) is 5.92 Å². The summed E-state index contributed by atoms with van der Waals surface area (Å²) in [5, 5.41) is 3.64. The summed E-state index contributed by atoms with van der Waals surface area (Å²) in [7, 11) is 0. The summed E-state index contributed by atoms with van der Waals surface area (Å²) in [4.78, 5) is 0. The molecule has 2 heteroatoms. The van der Waals surface area contributed by atoms with Crippen molar-refractivity contribution in [2.45, 2.75) is 78.2 Å². The maximum atomic E-state index is 6.20. The first-order valence-corrected chi connectivity index (χ1v) is 6.51. The van der Waals surface area contributed by atoms with Crippen LogP contribution in [-0.4, -0.2) is 17.9 Å². The average Bonchev–Trinajstić information content (AvgIpc) is 2.56. The van der Waals surface area contributed by atoms with Crippen molar-refractivity contribution >= 4 is 0 Å². The molecule has 0 aromatic rings. The summed E-state index contributed by atoms with van der Waals surface area (Å²) in [6.45, 7) is 11.3. The Bertz CT molecular complexity index is 187. The van der Waals surface area contributed by atoms with E-state index in [-0.39, 0.29) is 11.8 Å². The van der Waals surface area contributed by atoms with Gasteiger partial charge in [-0.3, -0.25) is 5.32 Å². The maximum Gasteiger partial charge on any atom is 0.109 e.